The highest BCUT2D eigenvalue weighted by atomic mass is 16.6. The number of rotatable bonds is 6. The minimum atomic E-state index is -0.753. The summed E-state index contributed by atoms with van der Waals surface area (Å²) in [7, 11) is 0. The Morgan fingerprint density at radius 1 is 1.55 bits per heavy atom. The van der Waals surface area contributed by atoms with Crippen LogP contribution in [0, 0.1) is 10.1 Å². The van der Waals surface area contributed by atoms with E-state index in [2.05, 4.69) is 6.92 Å². The third-order valence-electron chi connectivity index (χ3n) is 1.50. The molecule has 4 heteroatoms. The molecule has 0 radical (unpaired) electrons. The van der Waals surface area contributed by atoms with Crippen molar-refractivity contribution in [2.24, 2.45) is 0 Å². The molecule has 0 aliphatic carbocycles. The van der Waals surface area contributed by atoms with E-state index in [-0.39, 0.29) is 6.54 Å². The van der Waals surface area contributed by atoms with E-state index in [1.165, 1.54) is 0 Å². The molecule has 1 N–H and O–H groups in total. The predicted molar refractivity (Wildman–Crippen MR) is 42.0 cm³/mol. The number of aliphatic hydroxyl groups excluding tert-OH is 1. The Balaban J connectivity index is 3.22. The zero-order chi connectivity index (χ0) is 8.69. The van der Waals surface area contributed by atoms with Crippen molar-refractivity contribution in [3.05, 3.63) is 10.1 Å². The maximum atomic E-state index is 9.89. The number of aliphatic hydroxyl groups is 1. The van der Waals surface area contributed by atoms with Crippen molar-refractivity contribution >= 4 is 0 Å². The predicted octanol–water partition coefficient (Wildman–Crippen LogP) is 1.20. The summed E-state index contributed by atoms with van der Waals surface area (Å²) in [6.07, 6.45) is 2.79. The second-order valence-electron chi connectivity index (χ2n) is 2.66. The summed E-state index contributed by atoms with van der Waals surface area (Å²) in [4.78, 5) is 9.41. The molecule has 0 aromatic heterocycles. The molecule has 0 saturated carbocycles. The standard InChI is InChI=1S/C7H15NO3/c1-2-3-4-5-7(9)6-8(10)11/h7,9H,2-6H2,1H3. The Kier molecular flexibility index (Phi) is 5.74. The van der Waals surface area contributed by atoms with Crippen LogP contribution in [0.2, 0.25) is 0 Å². The van der Waals surface area contributed by atoms with E-state index in [0.717, 1.165) is 19.3 Å². The van der Waals surface area contributed by atoms with Crippen molar-refractivity contribution < 1.29 is 10.0 Å². The SMILES string of the molecule is CCCCCC(O)C[N+](=O)[O-]. The van der Waals surface area contributed by atoms with E-state index in [4.69, 9.17) is 5.11 Å². The Bertz CT molecular complexity index is 116. The van der Waals surface area contributed by atoms with Crippen LogP contribution < -0.4 is 0 Å². The monoisotopic (exact) mass is 161 g/mol. The maximum absolute atomic E-state index is 9.89. The molecule has 11 heavy (non-hydrogen) atoms. The first-order chi connectivity index (χ1) is 5.16. The Morgan fingerprint density at radius 2 is 2.18 bits per heavy atom. The molecule has 1 atom stereocenters. The summed E-state index contributed by atoms with van der Waals surface area (Å²) < 4.78 is 0. The molecule has 0 bridgehead atoms. The lowest BCUT2D eigenvalue weighted by Gasteiger charge is -2.03. The third kappa shape index (κ3) is 7.25. The number of nitrogens with zero attached hydrogens (tertiary/aromatic N) is 1. The van der Waals surface area contributed by atoms with Crippen molar-refractivity contribution in [2.75, 3.05) is 6.54 Å². The number of nitro groups is 1. The Labute approximate surface area is 66.4 Å². The van der Waals surface area contributed by atoms with E-state index >= 15 is 0 Å². The fourth-order valence-corrected chi connectivity index (χ4v) is 0.893. The Hall–Kier alpha value is -0.640. The van der Waals surface area contributed by atoms with Gasteiger partial charge in [-0.2, -0.15) is 0 Å². The van der Waals surface area contributed by atoms with Gasteiger partial charge in [-0.25, -0.2) is 0 Å². The van der Waals surface area contributed by atoms with Crippen molar-refractivity contribution in [2.45, 2.75) is 38.7 Å². The van der Waals surface area contributed by atoms with Crippen LogP contribution in [0.4, 0.5) is 0 Å². The Morgan fingerprint density at radius 3 is 2.64 bits per heavy atom. The quantitative estimate of drug-likeness (QED) is 0.361. The number of hydrogen-bond acceptors (Lipinski definition) is 3. The molecule has 0 saturated heterocycles. The van der Waals surface area contributed by atoms with Crippen LogP contribution in [0.3, 0.4) is 0 Å². The van der Waals surface area contributed by atoms with Crippen LogP contribution in [-0.4, -0.2) is 22.7 Å². The van der Waals surface area contributed by atoms with Crippen molar-refractivity contribution in [3.8, 4) is 0 Å². The molecular weight excluding hydrogens is 146 g/mol. The average Bonchev–Trinajstić information content (AvgIpc) is 1.86. The van der Waals surface area contributed by atoms with Crippen LogP contribution in [0.5, 0.6) is 0 Å². The van der Waals surface area contributed by atoms with E-state index in [1.54, 1.807) is 0 Å². The lowest BCUT2D eigenvalue weighted by Crippen LogP contribution is -2.18. The van der Waals surface area contributed by atoms with Crippen LogP contribution in [0.1, 0.15) is 32.6 Å². The van der Waals surface area contributed by atoms with Gasteiger partial charge in [0.2, 0.25) is 6.54 Å². The van der Waals surface area contributed by atoms with Gasteiger partial charge in [-0.05, 0) is 6.42 Å². The van der Waals surface area contributed by atoms with Gasteiger partial charge in [-0.15, -0.1) is 0 Å². The molecule has 0 aliphatic rings. The molecule has 0 aromatic rings. The highest BCUT2D eigenvalue weighted by molar-refractivity contribution is 4.52. The molecular formula is C7H15NO3. The summed E-state index contributed by atoms with van der Waals surface area (Å²) >= 11 is 0. The highest BCUT2D eigenvalue weighted by Crippen LogP contribution is 2.02. The van der Waals surface area contributed by atoms with Gasteiger partial charge in [-0.1, -0.05) is 26.2 Å². The van der Waals surface area contributed by atoms with Gasteiger partial charge in [0.05, 0.1) is 0 Å². The van der Waals surface area contributed by atoms with Crippen molar-refractivity contribution in [1.29, 1.82) is 0 Å². The molecule has 0 amide bonds. The fourth-order valence-electron chi connectivity index (χ4n) is 0.893. The van der Waals surface area contributed by atoms with Gasteiger partial charge in [0, 0.05) is 4.92 Å². The van der Waals surface area contributed by atoms with Crippen LogP contribution in [0.15, 0.2) is 0 Å². The number of hydrogen-bond donors (Lipinski definition) is 1. The lowest BCUT2D eigenvalue weighted by atomic mass is 10.1. The fraction of sp³-hybridized carbons (Fsp3) is 1.00. The van der Waals surface area contributed by atoms with Gasteiger partial charge in [-0.3, -0.25) is 10.1 Å². The molecule has 0 fully saturated rings. The molecule has 0 aliphatic heterocycles. The first kappa shape index (κ1) is 10.4. The van der Waals surface area contributed by atoms with E-state index in [1.807, 2.05) is 0 Å². The normalized spacial score (nSPS) is 12.9. The van der Waals surface area contributed by atoms with E-state index in [0.29, 0.717) is 6.42 Å². The molecule has 66 valence electrons. The number of unbranched alkanes of at least 4 members (excludes halogenated alkanes) is 2. The van der Waals surface area contributed by atoms with E-state index < -0.39 is 11.0 Å². The molecule has 1 unspecified atom stereocenters. The minimum Gasteiger partial charge on any atom is -0.386 e. The third-order valence-corrected chi connectivity index (χ3v) is 1.50. The van der Waals surface area contributed by atoms with Gasteiger partial charge < -0.3 is 5.11 Å². The maximum Gasteiger partial charge on any atom is 0.229 e. The van der Waals surface area contributed by atoms with Crippen molar-refractivity contribution in [1.82, 2.24) is 0 Å². The van der Waals surface area contributed by atoms with Crippen molar-refractivity contribution in [3.63, 3.8) is 0 Å². The zero-order valence-corrected chi connectivity index (χ0v) is 6.82. The van der Waals surface area contributed by atoms with Gasteiger partial charge in [0.1, 0.15) is 6.10 Å². The lowest BCUT2D eigenvalue weighted by molar-refractivity contribution is -0.490. The molecule has 4 nitrogen and oxygen atoms in total. The minimum absolute atomic E-state index is 0.316. The molecule has 0 heterocycles. The molecule has 0 aromatic carbocycles. The van der Waals surface area contributed by atoms with E-state index in [9.17, 15) is 10.1 Å². The first-order valence-electron chi connectivity index (χ1n) is 3.96. The molecule has 0 spiro atoms. The van der Waals surface area contributed by atoms with Gasteiger partial charge >= 0.3 is 0 Å². The highest BCUT2D eigenvalue weighted by Gasteiger charge is 2.09. The zero-order valence-electron chi connectivity index (χ0n) is 6.82. The average molecular weight is 161 g/mol. The summed E-state index contributed by atoms with van der Waals surface area (Å²) in [5.41, 5.74) is 0. The summed E-state index contributed by atoms with van der Waals surface area (Å²) in [6.45, 7) is 1.74. The summed E-state index contributed by atoms with van der Waals surface area (Å²) in [5, 5.41) is 18.9. The largest absolute Gasteiger partial charge is 0.386 e. The second kappa shape index (κ2) is 6.09. The van der Waals surface area contributed by atoms with Crippen LogP contribution in [0.25, 0.3) is 0 Å². The van der Waals surface area contributed by atoms with Gasteiger partial charge in [0.25, 0.3) is 0 Å². The summed E-state index contributed by atoms with van der Waals surface area (Å²) in [5.74, 6) is 0. The first-order valence-corrected chi connectivity index (χ1v) is 3.96. The van der Waals surface area contributed by atoms with Gasteiger partial charge in [0.15, 0.2) is 0 Å². The topological polar surface area (TPSA) is 63.4 Å². The smallest absolute Gasteiger partial charge is 0.229 e. The van der Waals surface area contributed by atoms with Crippen LogP contribution >= 0.6 is 0 Å². The summed E-state index contributed by atoms with van der Waals surface area (Å²) in [6, 6.07) is 0. The molecule has 0 rings (SSSR count). The second-order valence-corrected chi connectivity index (χ2v) is 2.66. The van der Waals surface area contributed by atoms with Crippen LogP contribution in [-0.2, 0) is 0 Å².